The van der Waals surface area contributed by atoms with Crippen molar-refractivity contribution in [3.8, 4) is 0 Å². The number of carbonyl (C=O) groups is 4. The molecule has 3 N–H and O–H groups in total. The summed E-state index contributed by atoms with van der Waals surface area (Å²) >= 11 is 0. The summed E-state index contributed by atoms with van der Waals surface area (Å²) in [4.78, 5) is 72.7. The molecule has 0 saturated heterocycles. The second-order valence-corrected chi connectivity index (χ2v) is 27.8. The van der Waals surface area contributed by atoms with Gasteiger partial charge < -0.3 is 33.8 Å². The molecule has 0 aromatic carbocycles. The molecule has 0 amide bonds. The van der Waals surface area contributed by atoms with Crippen molar-refractivity contribution >= 4 is 39.5 Å². The van der Waals surface area contributed by atoms with Crippen LogP contribution in [0.3, 0.4) is 0 Å². The number of ether oxygens (including phenoxy) is 4. The smallest absolute Gasteiger partial charge is 0.462 e. The van der Waals surface area contributed by atoms with Gasteiger partial charge in [0.1, 0.15) is 19.3 Å². The molecule has 0 rings (SSSR count). The third-order valence-corrected chi connectivity index (χ3v) is 17.3. The molecular formula is C79H134O17P2. The van der Waals surface area contributed by atoms with Crippen LogP contribution in [0, 0.1) is 0 Å². The molecule has 0 saturated carbocycles. The number of phosphoric acid groups is 2. The predicted molar refractivity (Wildman–Crippen MR) is 399 cm³/mol. The number of aliphatic hydroxyl groups is 1. The Morgan fingerprint density at radius 2 is 0.571 bits per heavy atom. The van der Waals surface area contributed by atoms with Crippen LogP contribution in [-0.2, 0) is 65.4 Å². The van der Waals surface area contributed by atoms with Crippen LogP contribution in [0.25, 0.3) is 0 Å². The van der Waals surface area contributed by atoms with Gasteiger partial charge in [-0.25, -0.2) is 9.13 Å². The minimum atomic E-state index is -4.99. The molecule has 0 heterocycles. The Labute approximate surface area is 593 Å². The standard InChI is InChI=1S/C79H134O17P2/c1-5-9-13-17-21-25-29-33-34-35-36-37-38-42-44-48-52-56-60-64-77(82)90-70-75(96-79(84)66-62-58-54-50-46-41-32-28-24-20-16-12-8-4)72-94-98(87,88)92-68-73(80)67-91-97(85,86)93-71-74(95-78(83)65-61-57-53-49-45-40-31-27-23-19-15-11-7-3)69-89-76(81)63-59-55-51-47-43-39-30-26-22-18-14-10-6-2/h9,13-14,16,18,20-21,25-26,28,30,32-34,36-37,42,44,52,56,73-75,80H,5-8,10-12,15,17,19,22-24,27,29,31,35,38-41,43,45-51,53-55,57-72H2,1-4H3,(H,85,86)(H,87,88)/b13-9-,18-14-,20-16-,25-21-,30-26-,32-28-,34-33-,37-36-,44-42-,56-52-. The normalized spacial score (nSPS) is 14.6. The molecule has 0 aromatic rings. The lowest BCUT2D eigenvalue weighted by atomic mass is 10.0. The average Bonchev–Trinajstić information content (AvgIpc) is 0.966. The van der Waals surface area contributed by atoms with Crippen LogP contribution >= 0.6 is 15.6 Å². The Morgan fingerprint density at radius 3 is 0.918 bits per heavy atom. The Balaban J connectivity index is 5.40. The molecule has 0 spiro atoms. The van der Waals surface area contributed by atoms with Crippen LogP contribution in [0.1, 0.15) is 297 Å². The molecule has 5 unspecified atom stereocenters. The van der Waals surface area contributed by atoms with E-state index in [0.29, 0.717) is 32.1 Å². The summed E-state index contributed by atoms with van der Waals surface area (Å²) < 4.78 is 68.3. The van der Waals surface area contributed by atoms with Gasteiger partial charge in [0, 0.05) is 25.7 Å². The van der Waals surface area contributed by atoms with E-state index in [2.05, 4.69) is 131 Å². The van der Waals surface area contributed by atoms with Gasteiger partial charge in [0.25, 0.3) is 0 Å². The third-order valence-electron chi connectivity index (χ3n) is 15.4. The first kappa shape index (κ1) is 93.5. The lowest BCUT2D eigenvalue weighted by Crippen LogP contribution is -2.30. The number of hydrogen-bond donors (Lipinski definition) is 3. The molecule has 562 valence electrons. The van der Waals surface area contributed by atoms with Gasteiger partial charge in [-0.15, -0.1) is 0 Å². The zero-order valence-corrected chi connectivity index (χ0v) is 63.0. The van der Waals surface area contributed by atoms with Crippen LogP contribution in [0.4, 0.5) is 0 Å². The fraction of sp³-hybridized carbons (Fsp3) is 0.696. The second-order valence-electron chi connectivity index (χ2n) is 24.9. The highest BCUT2D eigenvalue weighted by Crippen LogP contribution is 2.45. The number of carbonyl (C=O) groups excluding carboxylic acids is 4. The summed E-state index contributed by atoms with van der Waals surface area (Å²) in [6.07, 6.45) is 76.4. The van der Waals surface area contributed by atoms with Crippen LogP contribution in [0.15, 0.2) is 122 Å². The molecule has 0 fully saturated rings. The molecule has 19 heteroatoms. The van der Waals surface area contributed by atoms with Crippen molar-refractivity contribution in [2.75, 3.05) is 39.6 Å². The quantitative estimate of drug-likeness (QED) is 0.0169. The largest absolute Gasteiger partial charge is 0.472 e. The van der Waals surface area contributed by atoms with E-state index in [4.69, 9.17) is 37.0 Å². The Bertz CT molecular complexity index is 2340. The number of rotatable bonds is 70. The molecule has 0 aliphatic heterocycles. The molecule has 0 aliphatic carbocycles. The first-order valence-corrected chi connectivity index (χ1v) is 40.8. The van der Waals surface area contributed by atoms with E-state index in [1.807, 2.05) is 18.2 Å². The molecule has 0 aliphatic rings. The van der Waals surface area contributed by atoms with Crippen molar-refractivity contribution in [1.29, 1.82) is 0 Å². The van der Waals surface area contributed by atoms with E-state index in [0.717, 1.165) is 161 Å². The van der Waals surface area contributed by atoms with Crippen molar-refractivity contribution in [3.63, 3.8) is 0 Å². The van der Waals surface area contributed by atoms with E-state index in [1.165, 1.54) is 51.4 Å². The van der Waals surface area contributed by atoms with Gasteiger partial charge in [-0.05, 0) is 116 Å². The Hall–Kier alpha value is -4.54. The van der Waals surface area contributed by atoms with E-state index in [9.17, 15) is 43.2 Å². The predicted octanol–water partition coefficient (Wildman–Crippen LogP) is 21.6. The average molecular weight is 1420 g/mol. The van der Waals surface area contributed by atoms with Gasteiger partial charge in [-0.2, -0.15) is 0 Å². The molecular weight excluding hydrogens is 1280 g/mol. The van der Waals surface area contributed by atoms with Gasteiger partial charge in [0.15, 0.2) is 12.2 Å². The first-order chi connectivity index (χ1) is 47.7. The number of hydrogen-bond acceptors (Lipinski definition) is 15. The second kappa shape index (κ2) is 70.9. The van der Waals surface area contributed by atoms with Gasteiger partial charge >= 0.3 is 39.5 Å². The van der Waals surface area contributed by atoms with E-state index in [1.54, 1.807) is 0 Å². The van der Waals surface area contributed by atoms with Crippen molar-refractivity contribution in [3.05, 3.63) is 122 Å². The highest BCUT2D eigenvalue weighted by molar-refractivity contribution is 7.47. The summed E-state index contributed by atoms with van der Waals surface area (Å²) in [5.41, 5.74) is 0. The number of allylic oxidation sites excluding steroid dienone is 20. The number of phosphoric ester groups is 2. The van der Waals surface area contributed by atoms with E-state index < -0.39 is 97.5 Å². The molecule has 0 aromatic heterocycles. The summed E-state index contributed by atoms with van der Waals surface area (Å²) in [6.45, 7) is 4.51. The van der Waals surface area contributed by atoms with E-state index >= 15 is 0 Å². The molecule has 5 atom stereocenters. The SMILES string of the molecule is CC/C=C\C/C=C\C/C=C\C/C=C\C/C=C\C/C=C\CCC(=O)OCC(COP(=O)(O)OCC(O)COP(=O)(O)OCC(COC(=O)CCCCCCC/C=C\C/C=C\CCC)OC(=O)CCCCCCCCCCCCCCC)OC(=O)CCCCCCC/C=C\C/C=C\CCC. The van der Waals surface area contributed by atoms with E-state index in [-0.39, 0.29) is 25.7 Å². The van der Waals surface area contributed by atoms with Crippen molar-refractivity contribution in [2.24, 2.45) is 0 Å². The molecule has 98 heavy (non-hydrogen) atoms. The third kappa shape index (κ3) is 69.9. The molecule has 0 radical (unpaired) electrons. The molecule has 17 nitrogen and oxygen atoms in total. The van der Waals surface area contributed by atoms with Crippen molar-refractivity contribution in [2.45, 2.75) is 316 Å². The maximum Gasteiger partial charge on any atom is 0.472 e. The Kier molecular flexibility index (Phi) is 67.6. The maximum absolute atomic E-state index is 13.1. The van der Waals surface area contributed by atoms with Crippen molar-refractivity contribution in [1.82, 2.24) is 0 Å². The minimum absolute atomic E-state index is 0.0310. The highest BCUT2D eigenvalue weighted by Gasteiger charge is 2.30. The van der Waals surface area contributed by atoms with Gasteiger partial charge in [-0.1, -0.05) is 278 Å². The summed E-state index contributed by atoms with van der Waals surface area (Å²) in [6, 6.07) is 0. The highest BCUT2D eigenvalue weighted by atomic mass is 31.2. The lowest BCUT2D eigenvalue weighted by Gasteiger charge is -2.21. The van der Waals surface area contributed by atoms with Gasteiger partial charge in [0.2, 0.25) is 0 Å². The zero-order valence-electron chi connectivity index (χ0n) is 61.2. The van der Waals surface area contributed by atoms with Gasteiger partial charge in [-0.3, -0.25) is 37.3 Å². The van der Waals surface area contributed by atoms with Crippen molar-refractivity contribution < 1.29 is 80.2 Å². The van der Waals surface area contributed by atoms with Crippen LogP contribution in [0.5, 0.6) is 0 Å². The summed E-state index contributed by atoms with van der Waals surface area (Å²) in [7, 11) is -9.97. The fourth-order valence-electron chi connectivity index (χ4n) is 9.67. The first-order valence-electron chi connectivity index (χ1n) is 37.8. The summed E-state index contributed by atoms with van der Waals surface area (Å²) in [5.74, 6) is -2.30. The van der Waals surface area contributed by atoms with Crippen LogP contribution < -0.4 is 0 Å². The minimum Gasteiger partial charge on any atom is -0.462 e. The lowest BCUT2D eigenvalue weighted by molar-refractivity contribution is -0.161. The molecule has 0 bridgehead atoms. The van der Waals surface area contributed by atoms with Crippen LogP contribution in [-0.4, -0.2) is 96.7 Å². The number of aliphatic hydroxyl groups excluding tert-OH is 1. The monoisotopic (exact) mass is 1420 g/mol. The summed E-state index contributed by atoms with van der Waals surface area (Å²) in [5, 5.41) is 10.6. The number of esters is 4. The van der Waals surface area contributed by atoms with Crippen LogP contribution in [0.2, 0.25) is 0 Å². The maximum atomic E-state index is 13.1. The number of unbranched alkanes of at least 4 members (excludes halogenated alkanes) is 24. The topological polar surface area (TPSA) is 237 Å². The zero-order chi connectivity index (χ0) is 71.8. The fourth-order valence-corrected chi connectivity index (χ4v) is 11.3. The Morgan fingerprint density at radius 1 is 0.296 bits per heavy atom. The van der Waals surface area contributed by atoms with Gasteiger partial charge in [0.05, 0.1) is 26.4 Å².